The molecule has 2 heterocycles. The Labute approximate surface area is 197 Å². The molecule has 5 nitrogen and oxygen atoms in total. The van der Waals surface area contributed by atoms with Gasteiger partial charge in [0.25, 0.3) is 0 Å². The lowest BCUT2D eigenvalue weighted by Gasteiger charge is -2.47. The molecular weight excluding hydrogens is 484 g/mol. The first kappa shape index (κ1) is 24.2. The van der Waals surface area contributed by atoms with E-state index in [4.69, 9.17) is 14.2 Å². The number of alkyl halides is 2. The normalized spacial score (nSPS) is 30.0. The number of methoxy groups -OCH3 is 1. The van der Waals surface area contributed by atoms with E-state index in [2.05, 4.69) is 20.8 Å². The third-order valence-electron chi connectivity index (χ3n) is 6.77. The number of halogens is 3. The number of ether oxygens (including phenoxy) is 3. The Bertz CT molecular complexity index is 844. The summed E-state index contributed by atoms with van der Waals surface area (Å²) in [6, 6.07) is 2.06. The Balaban J connectivity index is 1.54. The second-order valence-corrected chi connectivity index (χ2v) is 11.2. The van der Waals surface area contributed by atoms with Crippen LogP contribution >= 0.6 is 15.9 Å². The number of aliphatic hydroxyl groups excluding tert-OH is 1. The van der Waals surface area contributed by atoms with Gasteiger partial charge in [0.05, 0.1) is 36.0 Å². The molecule has 1 saturated carbocycles. The van der Waals surface area contributed by atoms with Crippen molar-refractivity contribution >= 4 is 15.9 Å². The summed E-state index contributed by atoms with van der Waals surface area (Å²) in [5, 5.41) is 10.8. The van der Waals surface area contributed by atoms with E-state index in [1.807, 2.05) is 26.8 Å². The molecule has 4 atom stereocenters. The van der Waals surface area contributed by atoms with Gasteiger partial charge < -0.3 is 19.3 Å². The van der Waals surface area contributed by atoms with Gasteiger partial charge in [-0.05, 0) is 79.1 Å². The predicted octanol–water partition coefficient (Wildman–Crippen LogP) is 5.12. The van der Waals surface area contributed by atoms with Crippen molar-refractivity contribution in [2.24, 2.45) is 5.92 Å². The molecule has 3 aliphatic rings. The van der Waals surface area contributed by atoms with Crippen LogP contribution in [-0.4, -0.2) is 60.5 Å². The lowest BCUT2D eigenvalue weighted by atomic mass is 9.84. The van der Waals surface area contributed by atoms with Gasteiger partial charge in [-0.1, -0.05) is 0 Å². The molecule has 1 aliphatic carbocycles. The van der Waals surface area contributed by atoms with E-state index in [9.17, 15) is 13.9 Å². The van der Waals surface area contributed by atoms with Crippen molar-refractivity contribution in [3.05, 3.63) is 21.7 Å². The number of hydrogen-bond donors (Lipinski definition) is 1. The van der Waals surface area contributed by atoms with Crippen molar-refractivity contribution in [2.45, 2.75) is 82.6 Å². The SMILES string of the molecule is COc1cc2c(c(Br)c1OCC1CCC(F)(F)C1)CCN1C[C@@H](OC(C)(C)C)[C@H](O)C[C@H]21. The van der Waals surface area contributed by atoms with Gasteiger partial charge in [-0.25, -0.2) is 8.78 Å². The van der Waals surface area contributed by atoms with Crippen LogP contribution in [0.3, 0.4) is 0 Å². The van der Waals surface area contributed by atoms with Gasteiger partial charge >= 0.3 is 0 Å². The van der Waals surface area contributed by atoms with Crippen molar-refractivity contribution in [1.82, 2.24) is 4.90 Å². The van der Waals surface area contributed by atoms with Crippen LogP contribution < -0.4 is 9.47 Å². The number of fused-ring (bicyclic) bond motifs is 3. The van der Waals surface area contributed by atoms with Gasteiger partial charge in [-0.15, -0.1) is 0 Å². The number of piperidine rings is 1. The Kier molecular flexibility index (Phi) is 6.80. The third-order valence-corrected chi connectivity index (χ3v) is 7.61. The second kappa shape index (κ2) is 9.01. The number of rotatable bonds is 5. The van der Waals surface area contributed by atoms with Gasteiger partial charge in [0.2, 0.25) is 5.92 Å². The van der Waals surface area contributed by atoms with Crippen molar-refractivity contribution < 1.29 is 28.1 Å². The van der Waals surface area contributed by atoms with E-state index in [0.717, 1.165) is 28.6 Å². The fraction of sp³-hybridized carbons (Fsp3) is 0.750. The number of aliphatic hydroxyl groups is 1. The summed E-state index contributed by atoms with van der Waals surface area (Å²) >= 11 is 3.72. The van der Waals surface area contributed by atoms with E-state index in [1.54, 1.807) is 7.11 Å². The summed E-state index contributed by atoms with van der Waals surface area (Å²) in [6.07, 6.45) is 0.933. The summed E-state index contributed by atoms with van der Waals surface area (Å²) in [5.41, 5.74) is 1.95. The maximum atomic E-state index is 13.6. The summed E-state index contributed by atoms with van der Waals surface area (Å²) in [4.78, 5) is 2.37. The summed E-state index contributed by atoms with van der Waals surface area (Å²) in [5.74, 6) is -1.56. The van der Waals surface area contributed by atoms with Crippen LogP contribution in [-0.2, 0) is 11.2 Å². The van der Waals surface area contributed by atoms with Gasteiger partial charge in [0, 0.05) is 32.0 Å². The molecule has 0 spiro atoms. The molecule has 8 heteroatoms. The molecular formula is C24H34BrF2NO4. The highest BCUT2D eigenvalue weighted by Crippen LogP contribution is 2.48. The summed E-state index contributed by atoms with van der Waals surface area (Å²) < 4.78 is 45.7. The maximum absolute atomic E-state index is 13.6. The van der Waals surface area contributed by atoms with Crippen molar-refractivity contribution in [3.8, 4) is 11.5 Å². The number of nitrogens with zero attached hydrogens (tertiary/aromatic N) is 1. The van der Waals surface area contributed by atoms with Crippen molar-refractivity contribution in [2.75, 3.05) is 26.8 Å². The Morgan fingerprint density at radius 3 is 2.69 bits per heavy atom. The lowest BCUT2D eigenvalue weighted by Crippen LogP contribution is -2.53. The number of hydrogen-bond acceptors (Lipinski definition) is 5. The standard InChI is InChI=1S/C24H34BrF2NO4/c1-23(2,3)32-20-12-28-8-6-15-16(17(28)10-18(20)29)9-19(30-4)22(21(15)25)31-13-14-5-7-24(26,27)11-14/h9,14,17-18,20,29H,5-8,10-13H2,1-4H3/t14?,17-,18-,20-/m1/s1. The predicted molar refractivity (Wildman–Crippen MR) is 122 cm³/mol. The van der Waals surface area contributed by atoms with Gasteiger partial charge in [0.1, 0.15) is 0 Å². The van der Waals surface area contributed by atoms with Crippen LogP contribution in [0.15, 0.2) is 10.5 Å². The smallest absolute Gasteiger partial charge is 0.248 e. The molecule has 1 aromatic carbocycles. The van der Waals surface area contributed by atoms with Crippen LogP contribution in [0.1, 0.15) is 63.6 Å². The Morgan fingerprint density at radius 1 is 1.31 bits per heavy atom. The molecule has 2 fully saturated rings. The van der Waals surface area contributed by atoms with Crippen LogP contribution in [0, 0.1) is 5.92 Å². The topological polar surface area (TPSA) is 51.2 Å². The van der Waals surface area contributed by atoms with E-state index < -0.39 is 12.0 Å². The first-order valence-corrected chi connectivity index (χ1v) is 12.3. The molecule has 1 saturated heterocycles. The zero-order chi connectivity index (χ0) is 23.3. The molecule has 2 aliphatic heterocycles. The highest BCUT2D eigenvalue weighted by atomic mass is 79.9. The molecule has 1 unspecified atom stereocenters. The molecule has 180 valence electrons. The lowest BCUT2D eigenvalue weighted by molar-refractivity contribution is -0.149. The van der Waals surface area contributed by atoms with Gasteiger partial charge in [-0.2, -0.15) is 0 Å². The Hall–Kier alpha value is -0.960. The van der Waals surface area contributed by atoms with Crippen LogP contribution in [0.25, 0.3) is 0 Å². The van der Waals surface area contributed by atoms with Crippen LogP contribution in [0.2, 0.25) is 0 Å². The van der Waals surface area contributed by atoms with E-state index in [1.165, 1.54) is 0 Å². The summed E-state index contributed by atoms with van der Waals surface area (Å²) in [7, 11) is 1.59. The first-order valence-electron chi connectivity index (χ1n) is 11.5. The highest BCUT2D eigenvalue weighted by Gasteiger charge is 2.42. The molecule has 32 heavy (non-hydrogen) atoms. The van der Waals surface area contributed by atoms with Crippen molar-refractivity contribution in [1.29, 1.82) is 0 Å². The van der Waals surface area contributed by atoms with E-state index in [0.29, 0.717) is 30.9 Å². The minimum absolute atomic E-state index is 0.0662. The average molecular weight is 518 g/mol. The molecule has 1 N–H and O–H groups in total. The largest absolute Gasteiger partial charge is 0.493 e. The Morgan fingerprint density at radius 2 is 2.06 bits per heavy atom. The zero-order valence-electron chi connectivity index (χ0n) is 19.3. The van der Waals surface area contributed by atoms with Gasteiger partial charge in [-0.3, -0.25) is 4.90 Å². The van der Waals surface area contributed by atoms with E-state index >= 15 is 0 Å². The second-order valence-electron chi connectivity index (χ2n) is 10.4. The quantitative estimate of drug-likeness (QED) is 0.587. The van der Waals surface area contributed by atoms with Crippen LogP contribution in [0.5, 0.6) is 11.5 Å². The maximum Gasteiger partial charge on any atom is 0.248 e. The number of benzene rings is 1. The van der Waals surface area contributed by atoms with Crippen LogP contribution in [0.4, 0.5) is 8.78 Å². The molecule has 4 rings (SSSR count). The minimum atomic E-state index is -2.58. The van der Waals surface area contributed by atoms with Gasteiger partial charge in [0.15, 0.2) is 11.5 Å². The fourth-order valence-corrected chi connectivity index (χ4v) is 6.03. The average Bonchev–Trinajstić information content (AvgIpc) is 3.05. The zero-order valence-corrected chi connectivity index (χ0v) is 20.9. The molecule has 0 bridgehead atoms. The minimum Gasteiger partial charge on any atom is -0.493 e. The van der Waals surface area contributed by atoms with Crippen molar-refractivity contribution in [3.63, 3.8) is 0 Å². The highest BCUT2D eigenvalue weighted by molar-refractivity contribution is 9.10. The third kappa shape index (κ3) is 5.08. The monoisotopic (exact) mass is 517 g/mol. The molecule has 1 aromatic rings. The first-order chi connectivity index (χ1) is 15.0. The summed E-state index contributed by atoms with van der Waals surface area (Å²) in [6.45, 7) is 7.81. The fourth-order valence-electron chi connectivity index (χ4n) is 5.29. The molecule has 0 amide bonds. The van der Waals surface area contributed by atoms with E-state index in [-0.39, 0.29) is 43.1 Å². The molecule has 0 aromatic heterocycles. The molecule has 0 radical (unpaired) electrons.